The van der Waals surface area contributed by atoms with Crippen LogP contribution in [0.25, 0.3) is 15.8 Å². The first-order chi connectivity index (χ1) is 9.08. The van der Waals surface area contributed by atoms with Gasteiger partial charge in [0.2, 0.25) is 5.78 Å². The van der Waals surface area contributed by atoms with Gasteiger partial charge in [-0.15, -0.1) is 11.3 Å². The predicted octanol–water partition coefficient (Wildman–Crippen LogP) is 4.33. The molecule has 0 radical (unpaired) electrons. The molecule has 1 aromatic heterocycles. The van der Waals surface area contributed by atoms with Crippen molar-refractivity contribution in [1.29, 1.82) is 0 Å². The van der Waals surface area contributed by atoms with Gasteiger partial charge in [-0.05, 0) is 36.3 Å². The highest BCUT2D eigenvalue weighted by molar-refractivity contribution is 7.19. The minimum Gasteiger partial charge on any atom is -0.287 e. The molecule has 0 saturated carbocycles. The lowest BCUT2D eigenvalue weighted by Gasteiger charge is -2.13. The van der Waals surface area contributed by atoms with Crippen LogP contribution in [0.4, 0.5) is 0 Å². The second-order valence-corrected chi connectivity index (χ2v) is 5.75. The molecule has 1 aliphatic rings. The number of allylic oxidation sites excluding steroid dienone is 5. The van der Waals surface area contributed by atoms with Crippen molar-refractivity contribution in [3.63, 3.8) is 0 Å². The second kappa shape index (κ2) is 4.44. The molecule has 4 heteroatoms. The van der Waals surface area contributed by atoms with E-state index in [0.717, 1.165) is 21.4 Å². The molecule has 19 heavy (non-hydrogen) atoms. The molecule has 0 aliphatic heterocycles. The van der Waals surface area contributed by atoms with Gasteiger partial charge in [0.25, 0.3) is 0 Å². The number of rotatable bonds is 1. The summed E-state index contributed by atoms with van der Waals surface area (Å²) in [4.78, 5) is 16.7. The average Bonchev–Trinajstić information content (AvgIpc) is 2.84. The van der Waals surface area contributed by atoms with Crippen molar-refractivity contribution in [2.75, 3.05) is 0 Å². The van der Waals surface area contributed by atoms with Crippen molar-refractivity contribution in [2.45, 2.75) is 6.92 Å². The molecule has 0 atom stereocenters. The molecule has 0 saturated heterocycles. The Bertz CT molecular complexity index is 749. The molecule has 2 nitrogen and oxygen atoms in total. The highest BCUT2D eigenvalue weighted by Crippen LogP contribution is 2.35. The Kier molecular flexibility index (Phi) is 2.88. The molecular formula is C15H10ClNOS. The van der Waals surface area contributed by atoms with Crippen molar-refractivity contribution in [3.05, 3.63) is 58.1 Å². The Balaban J connectivity index is 2.15. The molecule has 0 N–H and O–H groups in total. The Hall–Kier alpha value is -1.71. The fourth-order valence-electron chi connectivity index (χ4n) is 1.92. The van der Waals surface area contributed by atoms with E-state index in [9.17, 15) is 4.79 Å². The number of halogens is 1. The Morgan fingerprint density at radius 2 is 2.05 bits per heavy atom. The highest BCUT2D eigenvalue weighted by Gasteiger charge is 2.25. The van der Waals surface area contributed by atoms with E-state index >= 15 is 0 Å². The number of nitrogens with zero attached hydrogens (tertiary/aromatic N) is 1. The van der Waals surface area contributed by atoms with Crippen molar-refractivity contribution in [2.24, 2.45) is 0 Å². The van der Waals surface area contributed by atoms with Crippen LogP contribution in [0.15, 0.2) is 53.1 Å². The van der Waals surface area contributed by atoms with E-state index in [-0.39, 0.29) is 10.8 Å². The van der Waals surface area contributed by atoms with Gasteiger partial charge in [0.05, 0.1) is 20.8 Å². The van der Waals surface area contributed by atoms with Gasteiger partial charge in [0.1, 0.15) is 5.01 Å². The van der Waals surface area contributed by atoms with E-state index in [1.54, 1.807) is 13.0 Å². The lowest BCUT2D eigenvalue weighted by Crippen LogP contribution is -2.09. The number of hydrogen-bond acceptors (Lipinski definition) is 3. The Morgan fingerprint density at radius 1 is 1.32 bits per heavy atom. The highest BCUT2D eigenvalue weighted by atomic mass is 35.5. The Labute approximate surface area is 119 Å². The van der Waals surface area contributed by atoms with Crippen LogP contribution in [0, 0.1) is 0 Å². The normalized spacial score (nSPS) is 16.2. The van der Waals surface area contributed by atoms with Crippen molar-refractivity contribution in [1.82, 2.24) is 4.98 Å². The number of benzene rings is 1. The standard InChI is InChI=1S/C15H10ClNOS/c1-8-7-10(14(18)13(16)9(8)2)15-17-11-5-3-4-6-12(11)19-15/h3-7H,1H2,2H3. The molecule has 0 unspecified atom stereocenters. The lowest BCUT2D eigenvalue weighted by atomic mass is 9.96. The number of Topliss-reactive ketones (excluding diaryl/α,β-unsaturated/α-hetero) is 1. The van der Waals surface area contributed by atoms with E-state index in [1.165, 1.54) is 11.3 Å². The van der Waals surface area contributed by atoms with Crippen LogP contribution in [-0.2, 0) is 4.79 Å². The third kappa shape index (κ3) is 1.95. The van der Waals surface area contributed by atoms with Crippen molar-refractivity contribution >= 4 is 44.5 Å². The fraction of sp³-hybridized carbons (Fsp3) is 0.0667. The maximum absolute atomic E-state index is 12.2. The minimum absolute atomic E-state index is 0.175. The molecule has 94 valence electrons. The quantitative estimate of drug-likeness (QED) is 0.781. The first-order valence-electron chi connectivity index (χ1n) is 5.76. The minimum atomic E-state index is -0.175. The number of carbonyl (C=O) groups excluding carboxylic acids is 1. The van der Waals surface area contributed by atoms with Gasteiger partial charge in [-0.2, -0.15) is 0 Å². The molecule has 0 fully saturated rings. The molecule has 0 bridgehead atoms. The fourth-order valence-corrected chi connectivity index (χ4v) is 3.13. The number of fused-ring (bicyclic) bond motifs is 1. The summed E-state index contributed by atoms with van der Waals surface area (Å²) in [6, 6.07) is 7.80. The summed E-state index contributed by atoms with van der Waals surface area (Å²) in [5.41, 5.74) is 2.92. The van der Waals surface area contributed by atoms with Gasteiger partial charge in [-0.3, -0.25) is 4.79 Å². The number of thiazole rings is 1. The third-order valence-corrected chi connectivity index (χ3v) is 4.62. The molecule has 1 aromatic carbocycles. The maximum Gasteiger partial charge on any atom is 0.207 e. The molecular weight excluding hydrogens is 278 g/mol. The smallest absolute Gasteiger partial charge is 0.207 e. The SMILES string of the molecule is C=C1C=C(c2nc3ccccc3s2)C(=O)C(Cl)=C1C. The van der Waals surface area contributed by atoms with Crippen LogP contribution < -0.4 is 0 Å². The predicted molar refractivity (Wildman–Crippen MR) is 80.3 cm³/mol. The van der Waals surface area contributed by atoms with Crippen molar-refractivity contribution < 1.29 is 4.79 Å². The number of aromatic nitrogens is 1. The topological polar surface area (TPSA) is 30.0 Å². The number of hydrogen-bond donors (Lipinski definition) is 0. The van der Waals surface area contributed by atoms with Gasteiger partial charge in [0.15, 0.2) is 0 Å². The van der Waals surface area contributed by atoms with Gasteiger partial charge < -0.3 is 0 Å². The van der Waals surface area contributed by atoms with E-state index < -0.39 is 0 Å². The summed E-state index contributed by atoms with van der Waals surface area (Å²) in [6.07, 6.45) is 1.77. The molecule has 0 amide bonds. The first kappa shape index (κ1) is 12.3. The van der Waals surface area contributed by atoms with E-state index in [4.69, 9.17) is 11.6 Å². The third-order valence-electron chi connectivity index (χ3n) is 3.10. The lowest BCUT2D eigenvalue weighted by molar-refractivity contribution is -0.110. The summed E-state index contributed by atoms with van der Waals surface area (Å²) >= 11 is 7.55. The zero-order valence-corrected chi connectivity index (χ0v) is 11.8. The Morgan fingerprint density at radius 3 is 2.79 bits per heavy atom. The number of ketones is 1. The summed E-state index contributed by atoms with van der Waals surface area (Å²) in [7, 11) is 0. The summed E-state index contributed by atoms with van der Waals surface area (Å²) in [5.74, 6) is -0.175. The number of para-hydroxylation sites is 1. The van der Waals surface area contributed by atoms with Gasteiger partial charge in [0, 0.05) is 0 Å². The average molecular weight is 288 g/mol. The largest absolute Gasteiger partial charge is 0.287 e. The summed E-state index contributed by atoms with van der Waals surface area (Å²) < 4.78 is 1.05. The summed E-state index contributed by atoms with van der Waals surface area (Å²) in [5, 5.41) is 0.930. The number of carbonyl (C=O) groups is 1. The van der Waals surface area contributed by atoms with E-state index in [2.05, 4.69) is 11.6 Å². The van der Waals surface area contributed by atoms with E-state index in [1.807, 2.05) is 24.3 Å². The van der Waals surface area contributed by atoms with Gasteiger partial charge in [-0.1, -0.05) is 30.3 Å². The molecule has 2 aromatic rings. The van der Waals surface area contributed by atoms with E-state index in [0.29, 0.717) is 10.6 Å². The van der Waals surface area contributed by atoms with Crippen LogP contribution in [0.5, 0.6) is 0 Å². The monoisotopic (exact) mass is 287 g/mol. The zero-order valence-electron chi connectivity index (χ0n) is 10.2. The second-order valence-electron chi connectivity index (χ2n) is 4.34. The van der Waals surface area contributed by atoms with Crippen molar-refractivity contribution in [3.8, 4) is 0 Å². The van der Waals surface area contributed by atoms with Crippen LogP contribution in [0.3, 0.4) is 0 Å². The molecule has 0 spiro atoms. The maximum atomic E-state index is 12.2. The molecule has 1 heterocycles. The first-order valence-corrected chi connectivity index (χ1v) is 6.95. The van der Waals surface area contributed by atoms with Crippen LogP contribution >= 0.6 is 22.9 Å². The zero-order chi connectivity index (χ0) is 13.6. The van der Waals surface area contributed by atoms with Crippen LogP contribution in [0.2, 0.25) is 0 Å². The van der Waals surface area contributed by atoms with Gasteiger partial charge >= 0.3 is 0 Å². The molecule has 3 rings (SSSR count). The van der Waals surface area contributed by atoms with Crippen LogP contribution in [0.1, 0.15) is 11.9 Å². The van der Waals surface area contributed by atoms with Crippen LogP contribution in [-0.4, -0.2) is 10.8 Å². The van der Waals surface area contributed by atoms with Gasteiger partial charge in [-0.25, -0.2) is 4.98 Å². The molecule has 1 aliphatic carbocycles. The summed E-state index contributed by atoms with van der Waals surface area (Å²) in [6.45, 7) is 5.72.